The van der Waals surface area contributed by atoms with Crippen LogP contribution in [0.2, 0.25) is 0 Å². The summed E-state index contributed by atoms with van der Waals surface area (Å²) in [7, 11) is -1.04. The molecule has 0 spiro atoms. The van der Waals surface area contributed by atoms with Gasteiger partial charge in [-0.1, -0.05) is 57.5 Å². The molecule has 1 rings (SSSR count). The fraction of sp³-hybridized carbons (Fsp3) is 0.667. The van der Waals surface area contributed by atoms with Crippen LogP contribution < -0.4 is 4.72 Å². The van der Waals surface area contributed by atoms with Gasteiger partial charge >= 0.3 is 0 Å². The molecule has 0 aliphatic carbocycles. The zero-order valence-corrected chi connectivity index (χ0v) is 15.8. The number of nitrogens with one attached hydrogen (secondary N) is 1. The van der Waals surface area contributed by atoms with Gasteiger partial charge in [-0.25, -0.2) is 8.93 Å². The summed E-state index contributed by atoms with van der Waals surface area (Å²) in [5.41, 5.74) is 2.47. The maximum absolute atomic E-state index is 12.3. The summed E-state index contributed by atoms with van der Waals surface area (Å²) >= 11 is 0. The van der Waals surface area contributed by atoms with Crippen LogP contribution in [0.1, 0.15) is 72.1 Å². The molecule has 0 saturated heterocycles. The highest BCUT2D eigenvalue weighted by molar-refractivity contribution is 7.84. The minimum Gasteiger partial charge on any atom is -0.242 e. The van der Waals surface area contributed by atoms with Crippen LogP contribution in [-0.2, 0) is 11.0 Å². The highest BCUT2D eigenvalue weighted by atomic mass is 32.2. The van der Waals surface area contributed by atoms with Crippen LogP contribution in [-0.4, -0.2) is 8.96 Å². The summed E-state index contributed by atoms with van der Waals surface area (Å²) in [6, 6.07) is 8.65. The molecule has 21 heavy (non-hydrogen) atoms. The number of benzene rings is 1. The van der Waals surface area contributed by atoms with E-state index in [9.17, 15) is 4.21 Å². The predicted molar refractivity (Wildman–Crippen MR) is 95.8 cm³/mol. The third-order valence-electron chi connectivity index (χ3n) is 2.99. The van der Waals surface area contributed by atoms with Gasteiger partial charge < -0.3 is 0 Å². The summed E-state index contributed by atoms with van der Waals surface area (Å²) in [5.74, 6) is 0.566. The van der Waals surface area contributed by atoms with Crippen LogP contribution in [0.4, 0.5) is 0 Å². The molecule has 2 atom stereocenters. The van der Waals surface area contributed by atoms with Crippen LogP contribution in [0.3, 0.4) is 0 Å². The Morgan fingerprint density at radius 3 is 1.95 bits per heavy atom. The summed E-state index contributed by atoms with van der Waals surface area (Å²) in [5, 5.41) is 0. The molecule has 2 unspecified atom stereocenters. The molecule has 0 heterocycles. The lowest BCUT2D eigenvalue weighted by atomic mass is 9.97. The molecule has 1 aromatic rings. The molecule has 3 heteroatoms. The Morgan fingerprint density at radius 1 is 1.10 bits per heavy atom. The lowest BCUT2D eigenvalue weighted by molar-refractivity contribution is 0.480. The Balaban J connectivity index is 0.00000191. The molecule has 1 N–H and O–H groups in total. The Morgan fingerprint density at radius 2 is 1.57 bits per heavy atom. The molecule has 122 valence electrons. The van der Waals surface area contributed by atoms with Crippen molar-refractivity contribution in [2.24, 2.45) is 5.92 Å². The fourth-order valence-corrected chi connectivity index (χ4v) is 2.67. The summed E-state index contributed by atoms with van der Waals surface area (Å²) in [4.78, 5) is 0. The SMILES string of the molecule is CC.Cc1ccc(C(CC(C)C)NS(=O)C(C)(C)C)cc1. The smallest absolute Gasteiger partial charge is 0.0975 e. The molecule has 0 fully saturated rings. The van der Waals surface area contributed by atoms with Gasteiger partial charge in [0, 0.05) is 6.04 Å². The van der Waals surface area contributed by atoms with Crippen LogP contribution in [0.15, 0.2) is 24.3 Å². The van der Waals surface area contributed by atoms with Gasteiger partial charge in [-0.15, -0.1) is 0 Å². The molecule has 2 nitrogen and oxygen atoms in total. The second-order valence-electron chi connectivity index (χ2n) is 6.59. The topological polar surface area (TPSA) is 29.1 Å². The van der Waals surface area contributed by atoms with E-state index in [1.54, 1.807) is 0 Å². The Hall–Kier alpha value is -0.670. The summed E-state index contributed by atoms with van der Waals surface area (Å²) in [6.45, 7) is 16.5. The average molecular weight is 312 g/mol. The van der Waals surface area contributed by atoms with Crippen LogP contribution >= 0.6 is 0 Å². The lowest BCUT2D eigenvalue weighted by Gasteiger charge is -2.26. The highest BCUT2D eigenvalue weighted by Crippen LogP contribution is 2.24. The molecule has 0 bridgehead atoms. The van der Waals surface area contributed by atoms with Gasteiger partial charge in [0.05, 0.1) is 15.7 Å². The van der Waals surface area contributed by atoms with Crippen molar-refractivity contribution in [1.82, 2.24) is 4.72 Å². The quantitative estimate of drug-likeness (QED) is 0.799. The van der Waals surface area contributed by atoms with Gasteiger partial charge in [0.25, 0.3) is 0 Å². The maximum Gasteiger partial charge on any atom is 0.0975 e. The van der Waals surface area contributed by atoms with Crippen molar-refractivity contribution in [3.63, 3.8) is 0 Å². The van der Waals surface area contributed by atoms with Crippen molar-refractivity contribution in [3.05, 3.63) is 35.4 Å². The van der Waals surface area contributed by atoms with E-state index in [-0.39, 0.29) is 10.8 Å². The van der Waals surface area contributed by atoms with Crippen molar-refractivity contribution in [3.8, 4) is 0 Å². The molecule has 1 aromatic carbocycles. The van der Waals surface area contributed by atoms with E-state index in [4.69, 9.17) is 0 Å². The molecule has 0 aliphatic rings. The van der Waals surface area contributed by atoms with Crippen molar-refractivity contribution in [2.75, 3.05) is 0 Å². The Bertz CT molecular complexity index is 418. The van der Waals surface area contributed by atoms with Gasteiger partial charge in [0.2, 0.25) is 0 Å². The van der Waals surface area contributed by atoms with Crippen LogP contribution in [0, 0.1) is 12.8 Å². The molecular weight excluding hydrogens is 278 g/mol. The molecule has 0 aliphatic heterocycles. The largest absolute Gasteiger partial charge is 0.242 e. The van der Waals surface area contributed by atoms with Gasteiger partial charge in [-0.05, 0) is 45.6 Å². The predicted octanol–water partition coefficient (Wildman–Crippen LogP) is 5.16. The number of hydrogen-bond acceptors (Lipinski definition) is 1. The molecule has 0 amide bonds. The van der Waals surface area contributed by atoms with Gasteiger partial charge in [0.15, 0.2) is 0 Å². The van der Waals surface area contributed by atoms with Crippen molar-refractivity contribution < 1.29 is 4.21 Å². The van der Waals surface area contributed by atoms with Crippen LogP contribution in [0.25, 0.3) is 0 Å². The third kappa shape index (κ3) is 7.77. The van der Waals surface area contributed by atoms with Crippen molar-refractivity contribution in [1.29, 1.82) is 0 Å². The average Bonchev–Trinajstić information content (AvgIpc) is 2.39. The van der Waals surface area contributed by atoms with Gasteiger partial charge in [-0.2, -0.15) is 0 Å². The van der Waals surface area contributed by atoms with E-state index in [2.05, 4.69) is 49.8 Å². The van der Waals surface area contributed by atoms with E-state index in [1.165, 1.54) is 11.1 Å². The third-order valence-corrected chi connectivity index (χ3v) is 4.60. The molecule has 0 saturated carbocycles. The second kappa shape index (κ2) is 9.37. The zero-order valence-electron chi connectivity index (χ0n) is 15.0. The number of rotatable bonds is 5. The number of hydrogen-bond donors (Lipinski definition) is 1. The summed E-state index contributed by atoms with van der Waals surface area (Å²) in [6.07, 6.45) is 0.991. The van der Waals surface area contributed by atoms with Crippen molar-refractivity contribution >= 4 is 11.0 Å². The lowest BCUT2D eigenvalue weighted by Crippen LogP contribution is -2.36. The first-order chi connectivity index (χ1) is 9.70. The summed E-state index contributed by atoms with van der Waals surface area (Å²) < 4.78 is 15.4. The first kappa shape index (κ1) is 20.3. The van der Waals surface area contributed by atoms with Gasteiger partial charge in [0.1, 0.15) is 0 Å². The first-order valence-electron chi connectivity index (χ1n) is 7.94. The van der Waals surface area contributed by atoms with E-state index in [0.29, 0.717) is 5.92 Å². The van der Waals surface area contributed by atoms with Crippen molar-refractivity contribution in [2.45, 2.75) is 72.6 Å². The Labute approximate surface area is 134 Å². The fourth-order valence-electron chi connectivity index (χ4n) is 1.83. The van der Waals surface area contributed by atoms with Gasteiger partial charge in [-0.3, -0.25) is 0 Å². The zero-order chi connectivity index (χ0) is 16.6. The standard InChI is InChI=1S/C16H27NOS.C2H6/c1-12(2)11-15(17-19(18)16(4,5)6)14-9-7-13(3)8-10-14;1-2/h7-10,12,15,17H,11H2,1-6H3;1-2H3. The minimum atomic E-state index is -1.04. The maximum atomic E-state index is 12.3. The monoisotopic (exact) mass is 311 g/mol. The minimum absolute atomic E-state index is 0.153. The second-order valence-corrected chi connectivity index (χ2v) is 8.59. The van der Waals surface area contributed by atoms with E-state index < -0.39 is 11.0 Å². The van der Waals surface area contributed by atoms with Crippen LogP contribution in [0.5, 0.6) is 0 Å². The highest BCUT2D eigenvalue weighted by Gasteiger charge is 2.24. The van der Waals surface area contributed by atoms with E-state index in [0.717, 1.165) is 6.42 Å². The molecular formula is C18H33NOS. The first-order valence-corrected chi connectivity index (χ1v) is 9.09. The Kier molecular flexibility index (Phi) is 9.07. The van der Waals surface area contributed by atoms with E-state index >= 15 is 0 Å². The van der Waals surface area contributed by atoms with E-state index in [1.807, 2.05) is 34.6 Å². The number of aryl methyl sites for hydroxylation is 1. The molecule has 0 aromatic heterocycles. The normalized spacial score (nSPS) is 14.3. The molecule has 0 radical (unpaired) electrons.